The van der Waals surface area contributed by atoms with Gasteiger partial charge in [-0.25, -0.2) is 8.42 Å². The van der Waals surface area contributed by atoms with Gasteiger partial charge < -0.3 is 4.90 Å². The summed E-state index contributed by atoms with van der Waals surface area (Å²) in [5, 5.41) is 0. The molecule has 0 unspecified atom stereocenters. The fraction of sp³-hybridized carbons (Fsp3) is 0.400. The second-order valence-electron chi connectivity index (χ2n) is 7.24. The van der Waals surface area contributed by atoms with Crippen molar-refractivity contribution >= 4 is 15.7 Å². The summed E-state index contributed by atoms with van der Waals surface area (Å²) in [5.74, 6) is -0.166. The number of nitrogens with zero attached hydrogens (tertiary/aromatic N) is 2. The maximum atomic E-state index is 13.0. The van der Waals surface area contributed by atoms with Crippen molar-refractivity contribution in [2.45, 2.75) is 43.8 Å². The molecule has 1 amide bonds. The van der Waals surface area contributed by atoms with Crippen molar-refractivity contribution in [3.63, 3.8) is 0 Å². The molecule has 0 N–H and O–H groups in total. The van der Waals surface area contributed by atoms with Crippen LogP contribution >= 0.6 is 0 Å². The standard InChI is InChI=1S/C20H26N2O3S/c1-15-7-6-8-18(13-15)26(24,25)20(3,4)11-12-22(5)19(23)17-10-9-16(2)21-14-17/h6-10,13-14H,11-12H2,1-5H3. The van der Waals surface area contributed by atoms with Crippen molar-refractivity contribution in [3.8, 4) is 0 Å². The fourth-order valence-corrected chi connectivity index (χ4v) is 4.19. The highest BCUT2D eigenvalue weighted by atomic mass is 32.2. The lowest BCUT2D eigenvalue weighted by Gasteiger charge is -2.28. The highest BCUT2D eigenvalue weighted by Crippen LogP contribution is 2.29. The molecule has 0 aliphatic heterocycles. The Hall–Kier alpha value is -2.21. The van der Waals surface area contributed by atoms with Crippen LogP contribution in [0.25, 0.3) is 0 Å². The summed E-state index contributed by atoms with van der Waals surface area (Å²) in [4.78, 5) is 18.5. The third kappa shape index (κ3) is 4.30. The van der Waals surface area contributed by atoms with E-state index < -0.39 is 14.6 Å². The lowest BCUT2D eigenvalue weighted by molar-refractivity contribution is 0.0790. The van der Waals surface area contributed by atoms with Gasteiger partial charge in [0, 0.05) is 25.5 Å². The Bertz CT molecular complexity index is 888. The van der Waals surface area contributed by atoms with Crippen LogP contribution in [0.2, 0.25) is 0 Å². The number of hydrogen-bond acceptors (Lipinski definition) is 4. The molecule has 0 saturated heterocycles. The summed E-state index contributed by atoms with van der Waals surface area (Å²) in [6.07, 6.45) is 1.88. The van der Waals surface area contributed by atoms with Crippen molar-refractivity contribution in [2.24, 2.45) is 0 Å². The van der Waals surface area contributed by atoms with Gasteiger partial charge in [0.25, 0.3) is 5.91 Å². The highest BCUT2D eigenvalue weighted by molar-refractivity contribution is 7.92. The minimum atomic E-state index is -3.50. The minimum absolute atomic E-state index is 0.166. The Morgan fingerprint density at radius 3 is 2.42 bits per heavy atom. The SMILES string of the molecule is Cc1cccc(S(=O)(=O)C(C)(C)CCN(C)C(=O)c2ccc(C)nc2)c1. The molecular weight excluding hydrogens is 348 g/mol. The molecule has 0 fully saturated rings. The molecule has 26 heavy (non-hydrogen) atoms. The van der Waals surface area contributed by atoms with E-state index in [1.54, 1.807) is 62.3 Å². The quantitative estimate of drug-likeness (QED) is 0.777. The Balaban J connectivity index is 2.11. The zero-order valence-corrected chi connectivity index (χ0v) is 16.8. The number of hydrogen-bond donors (Lipinski definition) is 0. The molecule has 0 atom stereocenters. The Labute approximate surface area is 156 Å². The predicted molar refractivity (Wildman–Crippen MR) is 103 cm³/mol. The van der Waals surface area contributed by atoms with E-state index in [0.717, 1.165) is 11.3 Å². The molecule has 0 bridgehead atoms. The zero-order chi connectivity index (χ0) is 19.5. The second-order valence-corrected chi connectivity index (χ2v) is 9.83. The van der Waals surface area contributed by atoms with Gasteiger partial charge in [-0.1, -0.05) is 12.1 Å². The van der Waals surface area contributed by atoms with Crippen molar-refractivity contribution in [3.05, 3.63) is 59.4 Å². The molecule has 0 spiro atoms. The molecule has 0 radical (unpaired) electrons. The van der Waals surface area contributed by atoms with Gasteiger partial charge in [-0.3, -0.25) is 9.78 Å². The molecular formula is C20H26N2O3S. The first kappa shape index (κ1) is 20.1. The molecule has 2 rings (SSSR count). The van der Waals surface area contributed by atoms with E-state index in [-0.39, 0.29) is 5.91 Å². The maximum Gasteiger partial charge on any atom is 0.255 e. The van der Waals surface area contributed by atoms with Crippen LogP contribution in [-0.4, -0.2) is 42.5 Å². The van der Waals surface area contributed by atoms with E-state index in [1.807, 2.05) is 19.9 Å². The van der Waals surface area contributed by atoms with Gasteiger partial charge in [0.05, 0.1) is 15.2 Å². The van der Waals surface area contributed by atoms with Crippen LogP contribution in [0.5, 0.6) is 0 Å². The number of pyridine rings is 1. The van der Waals surface area contributed by atoms with Crippen molar-refractivity contribution in [1.82, 2.24) is 9.88 Å². The summed E-state index contributed by atoms with van der Waals surface area (Å²) in [6.45, 7) is 7.47. The largest absolute Gasteiger partial charge is 0.342 e. The first-order valence-electron chi connectivity index (χ1n) is 8.54. The van der Waals surface area contributed by atoms with Gasteiger partial charge in [-0.05, 0) is 63.9 Å². The smallest absolute Gasteiger partial charge is 0.255 e. The average Bonchev–Trinajstić information content (AvgIpc) is 2.59. The summed E-state index contributed by atoms with van der Waals surface area (Å²) in [6, 6.07) is 10.4. The number of carbonyl (C=O) groups is 1. The summed E-state index contributed by atoms with van der Waals surface area (Å²) in [5.41, 5.74) is 2.24. The molecule has 0 aliphatic carbocycles. The van der Waals surface area contributed by atoms with Crippen LogP contribution in [0.1, 0.15) is 41.9 Å². The Morgan fingerprint density at radius 2 is 1.85 bits per heavy atom. The number of rotatable bonds is 6. The van der Waals surface area contributed by atoms with Crippen LogP contribution in [0, 0.1) is 13.8 Å². The number of aryl methyl sites for hydroxylation is 2. The van der Waals surface area contributed by atoms with E-state index in [0.29, 0.717) is 23.4 Å². The van der Waals surface area contributed by atoms with Gasteiger partial charge in [0.2, 0.25) is 0 Å². The number of benzene rings is 1. The Morgan fingerprint density at radius 1 is 1.15 bits per heavy atom. The molecule has 1 aromatic carbocycles. The number of amides is 1. The third-order valence-electron chi connectivity index (χ3n) is 4.58. The average molecular weight is 375 g/mol. The second kappa shape index (κ2) is 7.58. The van der Waals surface area contributed by atoms with Gasteiger partial charge in [-0.15, -0.1) is 0 Å². The van der Waals surface area contributed by atoms with Crippen LogP contribution in [-0.2, 0) is 9.84 Å². The van der Waals surface area contributed by atoms with Gasteiger partial charge in [0.1, 0.15) is 0 Å². The molecule has 1 aromatic heterocycles. The van der Waals surface area contributed by atoms with Crippen LogP contribution in [0.15, 0.2) is 47.5 Å². The Kier molecular flexibility index (Phi) is 5.86. The lowest BCUT2D eigenvalue weighted by Crippen LogP contribution is -2.38. The molecule has 1 heterocycles. The van der Waals surface area contributed by atoms with Crippen molar-refractivity contribution in [1.29, 1.82) is 0 Å². The molecule has 140 valence electrons. The molecule has 0 aliphatic rings. The topological polar surface area (TPSA) is 67.3 Å². The van der Waals surface area contributed by atoms with E-state index >= 15 is 0 Å². The normalized spacial score (nSPS) is 12.0. The van der Waals surface area contributed by atoms with Crippen LogP contribution in [0.3, 0.4) is 0 Å². The molecule has 5 nitrogen and oxygen atoms in total. The summed E-state index contributed by atoms with van der Waals surface area (Å²) < 4.78 is 25.0. The van der Waals surface area contributed by atoms with Crippen molar-refractivity contribution < 1.29 is 13.2 Å². The van der Waals surface area contributed by atoms with Gasteiger partial charge >= 0.3 is 0 Å². The highest BCUT2D eigenvalue weighted by Gasteiger charge is 2.36. The first-order chi connectivity index (χ1) is 12.0. The number of aromatic nitrogens is 1. The third-order valence-corrected chi connectivity index (χ3v) is 7.12. The van der Waals surface area contributed by atoms with Crippen molar-refractivity contribution in [2.75, 3.05) is 13.6 Å². The molecule has 0 saturated carbocycles. The summed E-state index contributed by atoms with van der Waals surface area (Å²) >= 11 is 0. The summed E-state index contributed by atoms with van der Waals surface area (Å²) in [7, 11) is -1.82. The first-order valence-corrected chi connectivity index (χ1v) is 10.0. The zero-order valence-electron chi connectivity index (χ0n) is 16.0. The van der Waals surface area contributed by atoms with E-state index in [4.69, 9.17) is 0 Å². The number of carbonyl (C=O) groups excluding carboxylic acids is 1. The van der Waals surface area contributed by atoms with Gasteiger partial charge in [-0.2, -0.15) is 0 Å². The maximum absolute atomic E-state index is 13.0. The predicted octanol–water partition coefficient (Wildman–Crippen LogP) is 3.41. The molecule has 2 aromatic rings. The van der Waals surface area contributed by atoms with Crippen LogP contribution in [0.4, 0.5) is 0 Å². The van der Waals surface area contributed by atoms with E-state index in [2.05, 4.69) is 4.98 Å². The lowest BCUT2D eigenvalue weighted by atomic mass is 10.1. The fourth-order valence-electron chi connectivity index (χ4n) is 2.59. The number of sulfone groups is 1. The van der Waals surface area contributed by atoms with Crippen LogP contribution < -0.4 is 0 Å². The van der Waals surface area contributed by atoms with Gasteiger partial charge in [0.15, 0.2) is 9.84 Å². The van der Waals surface area contributed by atoms with E-state index in [9.17, 15) is 13.2 Å². The van der Waals surface area contributed by atoms with E-state index in [1.165, 1.54) is 0 Å². The minimum Gasteiger partial charge on any atom is -0.342 e. The monoisotopic (exact) mass is 374 g/mol. The molecule has 6 heteroatoms.